The van der Waals surface area contributed by atoms with E-state index >= 15 is 0 Å². The number of amides is 2. The summed E-state index contributed by atoms with van der Waals surface area (Å²) in [4.78, 5) is 24.5. The third kappa shape index (κ3) is 5.96. The van der Waals surface area contributed by atoms with Crippen LogP contribution in [0.25, 0.3) is 0 Å². The van der Waals surface area contributed by atoms with Gasteiger partial charge in [-0.05, 0) is 56.5 Å². The normalized spacial score (nSPS) is 12.9. The van der Waals surface area contributed by atoms with Crippen LogP contribution in [0, 0.1) is 13.8 Å². The summed E-state index contributed by atoms with van der Waals surface area (Å²) in [5, 5.41) is 9.77. The van der Waals surface area contributed by atoms with Crippen molar-refractivity contribution in [2.75, 3.05) is 11.9 Å². The van der Waals surface area contributed by atoms with Gasteiger partial charge in [-0.2, -0.15) is 0 Å². The summed E-state index contributed by atoms with van der Waals surface area (Å²) in [5.41, 5.74) is 3.57. The third-order valence-electron chi connectivity index (χ3n) is 4.49. The Kier molecular flexibility index (Phi) is 7.87. The van der Waals surface area contributed by atoms with Gasteiger partial charge in [-0.15, -0.1) is 0 Å². The van der Waals surface area contributed by atoms with Crippen molar-refractivity contribution in [2.24, 2.45) is 0 Å². The number of nitrogens with one attached hydrogen (secondary N) is 3. The molecule has 2 atom stereocenters. The van der Waals surface area contributed by atoms with E-state index in [1.54, 1.807) is 19.1 Å². The maximum atomic E-state index is 12.3. The standard InChI is InChI=1S/C21H25Cl2N3O2/c1-12-6-5-7-13(2)20(12)26-19(27)11-24-21(28)15(4)25-14(3)17-9-8-16(22)10-18(17)23/h5-10,14-15,25H,11H2,1-4H3,(H,24,28)(H,26,27)/t14-,15+/m0/s1. The molecule has 2 aromatic rings. The second kappa shape index (κ2) is 9.92. The number of para-hydroxylation sites is 1. The van der Waals surface area contributed by atoms with Crippen molar-refractivity contribution in [3.05, 3.63) is 63.1 Å². The van der Waals surface area contributed by atoms with Crippen molar-refractivity contribution in [3.63, 3.8) is 0 Å². The molecular formula is C21H25Cl2N3O2. The molecule has 0 aliphatic carbocycles. The average Bonchev–Trinajstić information content (AvgIpc) is 2.62. The van der Waals surface area contributed by atoms with Gasteiger partial charge < -0.3 is 10.6 Å². The molecule has 0 radical (unpaired) electrons. The fourth-order valence-corrected chi connectivity index (χ4v) is 3.48. The first-order valence-corrected chi connectivity index (χ1v) is 9.79. The fraction of sp³-hybridized carbons (Fsp3) is 0.333. The quantitative estimate of drug-likeness (QED) is 0.619. The van der Waals surface area contributed by atoms with Crippen molar-refractivity contribution < 1.29 is 9.59 Å². The maximum Gasteiger partial charge on any atom is 0.243 e. The van der Waals surface area contributed by atoms with Crippen molar-refractivity contribution in [1.82, 2.24) is 10.6 Å². The van der Waals surface area contributed by atoms with E-state index in [1.165, 1.54) is 0 Å². The Balaban J connectivity index is 1.87. The van der Waals surface area contributed by atoms with Gasteiger partial charge in [0, 0.05) is 21.8 Å². The molecule has 0 aliphatic rings. The highest BCUT2D eigenvalue weighted by atomic mass is 35.5. The highest BCUT2D eigenvalue weighted by Gasteiger charge is 2.18. The maximum absolute atomic E-state index is 12.3. The van der Waals surface area contributed by atoms with Gasteiger partial charge in [0.25, 0.3) is 0 Å². The van der Waals surface area contributed by atoms with Gasteiger partial charge in [0.1, 0.15) is 0 Å². The topological polar surface area (TPSA) is 70.2 Å². The third-order valence-corrected chi connectivity index (χ3v) is 5.05. The fourth-order valence-electron chi connectivity index (χ4n) is 2.91. The Morgan fingerprint density at radius 2 is 1.68 bits per heavy atom. The molecule has 0 bridgehead atoms. The molecule has 3 N–H and O–H groups in total. The van der Waals surface area contributed by atoms with Gasteiger partial charge in [0.05, 0.1) is 12.6 Å². The first kappa shape index (κ1) is 22.2. The average molecular weight is 422 g/mol. The molecule has 0 heterocycles. The van der Waals surface area contributed by atoms with Crippen LogP contribution in [-0.4, -0.2) is 24.4 Å². The monoisotopic (exact) mass is 421 g/mol. The lowest BCUT2D eigenvalue weighted by Gasteiger charge is -2.21. The van der Waals surface area contributed by atoms with Crippen LogP contribution in [0.15, 0.2) is 36.4 Å². The number of anilines is 1. The summed E-state index contributed by atoms with van der Waals surface area (Å²) in [6.45, 7) is 7.40. The number of halogens is 2. The predicted molar refractivity (Wildman–Crippen MR) is 115 cm³/mol. The van der Waals surface area contributed by atoms with E-state index in [2.05, 4.69) is 16.0 Å². The van der Waals surface area contributed by atoms with Crippen LogP contribution >= 0.6 is 23.2 Å². The molecule has 0 spiro atoms. The summed E-state index contributed by atoms with van der Waals surface area (Å²) in [6.07, 6.45) is 0. The Labute approximate surface area is 175 Å². The predicted octanol–water partition coefficient (Wildman–Crippen LogP) is 4.40. The zero-order valence-electron chi connectivity index (χ0n) is 16.4. The highest BCUT2D eigenvalue weighted by molar-refractivity contribution is 6.35. The van der Waals surface area contributed by atoms with Gasteiger partial charge in [-0.3, -0.25) is 14.9 Å². The molecule has 0 unspecified atom stereocenters. The minimum Gasteiger partial charge on any atom is -0.346 e. The van der Waals surface area contributed by atoms with Crippen LogP contribution in [0.3, 0.4) is 0 Å². The molecule has 28 heavy (non-hydrogen) atoms. The number of benzene rings is 2. The van der Waals surface area contributed by atoms with Crippen LogP contribution in [0.1, 0.15) is 36.6 Å². The number of hydrogen-bond acceptors (Lipinski definition) is 3. The van der Waals surface area contributed by atoms with Crippen LogP contribution in [-0.2, 0) is 9.59 Å². The van der Waals surface area contributed by atoms with Crippen molar-refractivity contribution >= 4 is 40.7 Å². The summed E-state index contributed by atoms with van der Waals surface area (Å²) in [7, 11) is 0. The smallest absolute Gasteiger partial charge is 0.243 e. The van der Waals surface area contributed by atoms with Gasteiger partial charge in [0.15, 0.2) is 0 Å². The van der Waals surface area contributed by atoms with E-state index < -0.39 is 6.04 Å². The van der Waals surface area contributed by atoms with E-state index in [0.29, 0.717) is 10.0 Å². The number of carbonyl (C=O) groups is 2. The number of carbonyl (C=O) groups excluding carboxylic acids is 2. The number of hydrogen-bond donors (Lipinski definition) is 3. The van der Waals surface area contributed by atoms with Crippen molar-refractivity contribution in [2.45, 2.75) is 39.8 Å². The zero-order valence-corrected chi connectivity index (χ0v) is 17.9. The minimum absolute atomic E-state index is 0.102. The van der Waals surface area contributed by atoms with Crippen molar-refractivity contribution in [3.8, 4) is 0 Å². The van der Waals surface area contributed by atoms with Gasteiger partial charge in [0.2, 0.25) is 11.8 Å². The summed E-state index contributed by atoms with van der Waals surface area (Å²) < 4.78 is 0. The zero-order chi connectivity index (χ0) is 20.8. The van der Waals surface area contributed by atoms with Crippen LogP contribution in [0.2, 0.25) is 10.0 Å². The molecule has 5 nitrogen and oxygen atoms in total. The highest BCUT2D eigenvalue weighted by Crippen LogP contribution is 2.26. The lowest BCUT2D eigenvalue weighted by Crippen LogP contribution is -2.45. The molecule has 0 aromatic heterocycles. The van der Waals surface area contributed by atoms with E-state index in [0.717, 1.165) is 22.4 Å². The second-order valence-electron chi connectivity index (χ2n) is 6.81. The molecule has 7 heteroatoms. The Morgan fingerprint density at radius 1 is 1.04 bits per heavy atom. The lowest BCUT2D eigenvalue weighted by molar-refractivity contribution is -0.125. The summed E-state index contributed by atoms with van der Waals surface area (Å²) in [5.74, 6) is -0.541. The van der Waals surface area contributed by atoms with E-state index in [1.807, 2.05) is 45.0 Å². The molecule has 2 aromatic carbocycles. The second-order valence-corrected chi connectivity index (χ2v) is 7.65. The van der Waals surface area contributed by atoms with Gasteiger partial charge in [-0.25, -0.2) is 0 Å². The number of rotatable bonds is 7. The van der Waals surface area contributed by atoms with Crippen LogP contribution in [0.5, 0.6) is 0 Å². The lowest BCUT2D eigenvalue weighted by atomic mass is 10.1. The van der Waals surface area contributed by atoms with Gasteiger partial charge in [-0.1, -0.05) is 47.5 Å². The molecular weight excluding hydrogens is 397 g/mol. The SMILES string of the molecule is Cc1cccc(C)c1NC(=O)CNC(=O)[C@@H](C)N[C@@H](C)c1ccc(Cl)cc1Cl. The first-order chi connectivity index (χ1) is 13.2. The molecule has 0 fully saturated rings. The molecule has 150 valence electrons. The van der Waals surface area contributed by atoms with E-state index in [9.17, 15) is 9.59 Å². The molecule has 0 saturated carbocycles. The Hall–Kier alpha value is -2.08. The molecule has 2 rings (SSSR count). The minimum atomic E-state index is -0.505. The largest absolute Gasteiger partial charge is 0.346 e. The van der Waals surface area contributed by atoms with Crippen LogP contribution in [0.4, 0.5) is 5.69 Å². The molecule has 0 aliphatic heterocycles. The summed E-state index contributed by atoms with van der Waals surface area (Å²) in [6, 6.07) is 10.4. The number of aryl methyl sites for hydroxylation is 2. The van der Waals surface area contributed by atoms with E-state index in [-0.39, 0.29) is 24.4 Å². The molecule has 2 amide bonds. The van der Waals surface area contributed by atoms with Crippen LogP contribution < -0.4 is 16.0 Å². The van der Waals surface area contributed by atoms with E-state index in [4.69, 9.17) is 23.2 Å². The van der Waals surface area contributed by atoms with Gasteiger partial charge >= 0.3 is 0 Å². The molecule has 0 saturated heterocycles. The first-order valence-electron chi connectivity index (χ1n) is 9.03. The Morgan fingerprint density at radius 3 is 2.29 bits per heavy atom. The summed E-state index contributed by atoms with van der Waals surface area (Å²) >= 11 is 12.1. The van der Waals surface area contributed by atoms with Crippen molar-refractivity contribution in [1.29, 1.82) is 0 Å². The Bertz CT molecular complexity index is 850.